The molecule has 0 heterocycles. The third-order valence-electron chi connectivity index (χ3n) is 2.64. The second kappa shape index (κ2) is 10.5. The molecular weight excluding hydrogens is 343 g/mol. The lowest BCUT2D eigenvalue weighted by atomic mass is 10.5. The van der Waals surface area contributed by atoms with E-state index in [9.17, 15) is 13.6 Å². The smallest absolute Gasteiger partial charge is 0.305 e. The van der Waals surface area contributed by atoms with E-state index in [1.807, 2.05) is 6.92 Å². The van der Waals surface area contributed by atoms with Crippen LogP contribution in [0.2, 0.25) is 0 Å². The largest absolute Gasteiger partial charge is 0.345 e. The van der Waals surface area contributed by atoms with Crippen molar-refractivity contribution in [1.29, 1.82) is 0 Å². The van der Waals surface area contributed by atoms with Gasteiger partial charge in [0.05, 0.1) is 25.9 Å². The summed E-state index contributed by atoms with van der Waals surface area (Å²) in [5, 5.41) is 0. The van der Waals surface area contributed by atoms with Crippen molar-refractivity contribution in [2.45, 2.75) is 46.8 Å². The summed E-state index contributed by atoms with van der Waals surface area (Å²) in [6, 6.07) is 0. The third-order valence-corrected chi connectivity index (χ3v) is 5.81. The van der Waals surface area contributed by atoms with E-state index in [0.717, 1.165) is 4.31 Å². The van der Waals surface area contributed by atoms with Gasteiger partial charge in [-0.05, 0) is 34.2 Å². The highest BCUT2D eigenvalue weighted by Crippen LogP contribution is 2.50. The maximum atomic E-state index is 12.8. The van der Waals surface area contributed by atoms with Crippen molar-refractivity contribution >= 4 is 24.8 Å². The van der Waals surface area contributed by atoms with Gasteiger partial charge in [0.1, 0.15) is 6.29 Å². The Balaban J connectivity index is 4.96. The minimum atomic E-state index is -3.37. The number of nitrogens with zero attached hydrogens (tertiary/aromatic N) is 2. The van der Waals surface area contributed by atoms with Crippen molar-refractivity contribution in [3.63, 3.8) is 0 Å². The van der Waals surface area contributed by atoms with E-state index < -0.39 is 24.8 Å². The van der Waals surface area contributed by atoms with Crippen molar-refractivity contribution < 1.29 is 26.8 Å². The zero-order chi connectivity index (χ0) is 18.2. The van der Waals surface area contributed by atoms with E-state index in [1.54, 1.807) is 32.6 Å². The van der Waals surface area contributed by atoms with E-state index in [0.29, 0.717) is 6.54 Å². The van der Waals surface area contributed by atoms with Gasteiger partial charge in [-0.15, -0.1) is 0 Å². The van der Waals surface area contributed by atoms with Gasteiger partial charge >= 0.3 is 7.60 Å². The Morgan fingerprint density at radius 1 is 1.17 bits per heavy atom. The first-order chi connectivity index (χ1) is 10.5. The first kappa shape index (κ1) is 22.7. The lowest BCUT2D eigenvalue weighted by Crippen LogP contribution is -2.40. The maximum absolute atomic E-state index is 12.8. The summed E-state index contributed by atoms with van der Waals surface area (Å²) >= 11 is -1.84. The van der Waals surface area contributed by atoms with E-state index in [4.69, 9.17) is 9.05 Å². The van der Waals surface area contributed by atoms with Gasteiger partial charge in [0.25, 0.3) is 11.3 Å². The highest BCUT2D eigenvalue weighted by molar-refractivity contribution is 7.78. The molecule has 1 unspecified atom stereocenters. The molecule has 0 aliphatic carbocycles. The van der Waals surface area contributed by atoms with Crippen molar-refractivity contribution in [3.8, 4) is 0 Å². The van der Waals surface area contributed by atoms with Crippen molar-refractivity contribution in [2.75, 3.05) is 33.5 Å². The van der Waals surface area contributed by atoms with Crippen LogP contribution in [0.5, 0.6) is 0 Å². The predicted octanol–water partition coefficient (Wildman–Crippen LogP) is 1.99. The van der Waals surface area contributed by atoms with Gasteiger partial charge in [0, 0.05) is 7.05 Å². The molecular formula is C13H29N2O6PS. The molecule has 0 aromatic rings. The van der Waals surface area contributed by atoms with E-state index in [1.165, 1.54) is 14.2 Å². The van der Waals surface area contributed by atoms with E-state index in [-0.39, 0.29) is 25.0 Å². The molecule has 0 saturated carbocycles. The van der Waals surface area contributed by atoms with Crippen LogP contribution in [0.4, 0.5) is 0 Å². The summed E-state index contributed by atoms with van der Waals surface area (Å²) in [7, 11) is -0.745. The highest BCUT2D eigenvalue weighted by Gasteiger charge is 2.31. The SMILES string of the molecule is CCN(CC(=O)N(C)S(=O)OC)CP(=O)(OC(C)C)OC(C)C. The molecule has 23 heavy (non-hydrogen) atoms. The summed E-state index contributed by atoms with van der Waals surface area (Å²) in [6.45, 7) is 9.32. The minimum absolute atomic E-state index is 0.0148. The Kier molecular flexibility index (Phi) is 10.4. The maximum Gasteiger partial charge on any atom is 0.345 e. The monoisotopic (exact) mass is 372 g/mol. The number of rotatable bonds is 11. The molecule has 0 aromatic carbocycles. The Morgan fingerprint density at radius 3 is 2.00 bits per heavy atom. The highest BCUT2D eigenvalue weighted by atomic mass is 32.2. The van der Waals surface area contributed by atoms with Crippen LogP contribution in [-0.2, 0) is 33.9 Å². The van der Waals surface area contributed by atoms with Crippen molar-refractivity contribution in [3.05, 3.63) is 0 Å². The van der Waals surface area contributed by atoms with Crippen LogP contribution in [-0.4, -0.2) is 65.1 Å². The first-order valence-electron chi connectivity index (χ1n) is 7.45. The molecule has 1 atom stereocenters. The molecule has 10 heteroatoms. The number of carbonyl (C=O) groups is 1. The van der Waals surface area contributed by atoms with Crippen LogP contribution in [0.25, 0.3) is 0 Å². The van der Waals surface area contributed by atoms with E-state index in [2.05, 4.69) is 4.18 Å². The Labute approximate surface area is 141 Å². The van der Waals surface area contributed by atoms with Gasteiger partial charge < -0.3 is 9.05 Å². The minimum Gasteiger partial charge on any atom is -0.305 e. The Bertz CT molecular complexity index is 432. The molecule has 0 bridgehead atoms. The lowest BCUT2D eigenvalue weighted by Gasteiger charge is -2.28. The first-order valence-corrected chi connectivity index (χ1v) is 10.2. The standard InChI is InChI=1S/C13H29N2O6PS/c1-8-15(9-13(16)14(6)23(18)19-7)10-22(17,20-11(2)3)21-12(4)5/h11-12H,8-10H2,1-7H3. The van der Waals surface area contributed by atoms with Gasteiger partial charge in [-0.2, -0.15) is 0 Å². The van der Waals surface area contributed by atoms with Crippen LogP contribution in [0.3, 0.4) is 0 Å². The zero-order valence-corrected chi connectivity index (χ0v) is 16.7. The average Bonchev–Trinajstić information content (AvgIpc) is 2.42. The summed E-state index contributed by atoms with van der Waals surface area (Å²) < 4.78 is 40.9. The molecule has 0 spiro atoms. The second-order valence-corrected chi connectivity index (χ2v) is 8.72. The predicted molar refractivity (Wildman–Crippen MR) is 90.1 cm³/mol. The molecule has 1 amide bonds. The molecule has 0 N–H and O–H groups in total. The van der Waals surface area contributed by atoms with Crippen LogP contribution in [0.15, 0.2) is 0 Å². The molecule has 0 aliphatic heterocycles. The molecule has 0 rings (SSSR count). The lowest BCUT2D eigenvalue weighted by molar-refractivity contribution is -0.126. The van der Waals surface area contributed by atoms with Crippen LogP contribution >= 0.6 is 7.60 Å². The molecule has 0 aliphatic rings. The second-order valence-electron chi connectivity index (χ2n) is 5.48. The summed E-state index contributed by atoms with van der Waals surface area (Å²) in [5.74, 6) is -0.410. The fourth-order valence-corrected chi connectivity index (χ4v) is 4.43. The average molecular weight is 372 g/mol. The van der Waals surface area contributed by atoms with Crippen LogP contribution < -0.4 is 0 Å². The number of likely N-dealkylation sites (N-methyl/N-ethyl adjacent to an activating group) is 2. The topological polar surface area (TPSA) is 85.4 Å². The Hall–Kier alpha value is -0.310. The van der Waals surface area contributed by atoms with Gasteiger partial charge in [0.2, 0.25) is 5.91 Å². The third kappa shape index (κ3) is 8.93. The van der Waals surface area contributed by atoms with Crippen molar-refractivity contribution in [2.24, 2.45) is 0 Å². The molecule has 0 radical (unpaired) electrons. The molecule has 0 saturated heterocycles. The normalized spacial score (nSPS) is 13.8. The van der Waals surface area contributed by atoms with Crippen LogP contribution in [0.1, 0.15) is 34.6 Å². The fraction of sp³-hybridized carbons (Fsp3) is 0.923. The van der Waals surface area contributed by atoms with E-state index >= 15 is 0 Å². The van der Waals surface area contributed by atoms with Gasteiger partial charge in [-0.3, -0.25) is 18.4 Å². The van der Waals surface area contributed by atoms with Crippen molar-refractivity contribution in [1.82, 2.24) is 9.21 Å². The molecule has 138 valence electrons. The molecule has 0 aromatic heterocycles. The molecule has 8 nitrogen and oxygen atoms in total. The summed E-state index contributed by atoms with van der Waals surface area (Å²) in [6.07, 6.45) is -0.547. The molecule has 0 fully saturated rings. The van der Waals surface area contributed by atoms with Crippen LogP contribution in [0, 0.1) is 0 Å². The van der Waals surface area contributed by atoms with Gasteiger partial charge in [-0.25, -0.2) is 8.51 Å². The fourth-order valence-electron chi connectivity index (χ4n) is 1.73. The Morgan fingerprint density at radius 2 is 1.65 bits per heavy atom. The quantitative estimate of drug-likeness (QED) is 0.513. The number of amides is 1. The van der Waals surface area contributed by atoms with Gasteiger partial charge in [-0.1, -0.05) is 6.92 Å². The summed E-state index contributed by atoms with van der Waals surface area (Å²) in [4.78, 5) is 13.7. The number of carbonyl (C=O) groups excluding carboxylic acids is 1. The summed E-state index contributed by atoms with van der Waals surface area (Å²) in [5.41, 5.74) is 0. The number of hydrogen-bond donors (Lipinski definition) is 0. The zero-order valence-electron chi connectivity index (χ0n) is 15.0. The number of hydrogen-bond acceptors (Lipinski definition) is 7. The van der Waals surface area contributed by atoms with Gasteiger partial charge in [0.15, 0.2) is 0 Å².